The van der Waals surface area contributed by atoms with Crippen LogP contribution in [0.4, 0.5) is 0 Å². The second-order valence-electron chi connectivity index (χ2n) is 3.91. The Morgan fingerprint density at radius 2 is 2.08 bits per heavy atom. The SMILES string of the molecule is CC(C)(C)C(=NO)c1ccccn1. The molecule has 0 bridgehead atoms. The minimum Gasteiger partial charge on any atom is -0.411 e. The summed E-state index contributed by atoms with van der Waals surface area (Å²) in [6, 6.07) is 5.54. The van der Waals surface area contributed by atoms with Crippen LogP contribution in [0.15, 0.2) is 29.6 Å². The molecule has 0 aromatic carbocycles. The number of hydrogen-bond donors (Lipinski definition) is 1. The predicted molar refractivity (Wildman–Crippen MR) is 52.0 cm³/mol. The summed E-state index contributed by atoms with van der Waals surface area (Å²) >= 11 is 0. The highest BCUT2D eigenvalue weighted by molar-refractivity contribution is 6.02. The first-order valence-electron chi connectivity index (χ1n) is 4.19. The van der Waals surface area contributed by atoms with Crippen molar-refractivity contribution in [3.63, 3.8) is 0 Å². The van der Waals surface area contributed by atoms with E-state index in [0.29, 0.717) is 5.71 Å². The van der Waals surface area contributed by atoms with Crippen LogP contribution < -0.4 is 0 Å². The lowest BCUT2D eigenvalue weighted by molar-refractivity contribution is 0.311. The van der Waals surface area contributed by atoms with Gasteiger partial charge in [-0.3, -0.25) is 4.98 Å². The Balaban J connectivity index is 3.08. The first kappa shape index (κ1) is 9.71. The van der Waals surface area contributed by atoms with Crippen molar-refractivity contribution >= 4 is 5.71 Å². The number of rotatable bonds is 1. The first-order valence-corrected chi connectivity index (χ1v) is 4.19. The molecule has 0 spiro atoms. The van der Waals surface area contributed by atoms with Crippen molar-refractivity contribution in [3.05, 3.63) is 30.1 Å². The molecule has 1 aromatic heterocycles. The van der Waals surface area contributed by atoms with Gasteiger partial charge < -0.3 is 5.21 Å². The quantitative estimate of drug-likeness (QED) is 0.407. The molecule has 0 saturated heterocycles. The average Bonchev–Trinajstić information content (AvgIpc) is 2.05. The van der Waals surface area contributed by atoms with Gasteiger partial charge in [-0.05, 0) is 12.1 Å². The predicted octanol–water partition coefficient (Wildman–Crippen LogP) is 2.31. The van der Waals surface area contributed by atoms with Crippen LogP contribution in [0.3, 0.4) is 0 Å². The maximum absolute atomic E-state index is 8.86. The fourth-order valence-electron chi connectivity index (χ4n) is 1.09. The van der Waals surface area contributed by atoms with Gasteiger partial charge >= 0.3 is 0 Å². The first-order chi connectivity index (χ1) is 6.05. The zero-order valence-corrected chi connectivity index (χ0v) is 8.15. The summed E-state index contributed by atoms with van der Waals surface area (Å²) in [5.41, 5.74) is 1.13. The molecule has 1 N–H and O–H groups in total. The van der Waals surface area contributed by atoms with Gasteiger partial charge in [0.25, 0.3) is 0 Å². The Hall–Kier alpha value is -1.38. The number of pyridine rings is 1. The molecule has 0 atom stereocenters. The summed E-state index contributed by atoms with van der Waals surface area (Å²) in [5.74, 6) is 0. The third kappa shape index (κ3) is 2.28. The Morgan fingerprint density at radius 1 is 1.38 bits per heavy atom. The normalized spacial score (nSPS) is 13.0. The number of aromatic nitrogens is 1. The number of hydrogen-bond acceptors (Lipinski definition) is 3. The van der Waals surface area contributed by atoms with Crippen LogP contribution in [0.1, 0.15) is 26.5 Å². The Labute approximate surface area is 78.1 Å². The minimum absolute atomic E-state index is 0.191. The van der Waals surface area contributed by atoms with Crippen molar-refractivity contribution in [1.29, 1.82) is 0 Å². The molecule has 13 heavy (non-hydrogen) atoms. The summed E-state index contributed by atoms with van der Waals surface area (Å²) in [7, 11) is 0. The van der Waals surface area contributed by atoms with Crippen molar-refractivity contribution in [2.75, 3.05) is 0 Å². The third-order valence-electron chi connectivity index (χ3n) is 1.72. The maximum atomic E-state index is 8.86. The second kappa shape index (κ2) is 3.56. The smallest absolute Gasteiger partial charge is 0.110 e. The van der Waals surface area contributed by atoms with Crippen LogP contribution in [0.25, 0.3) is 0 Å². The monoisotopic (exact) mass is 178 g/mol. The van der Waals surface area contributed by atoms with Gasteiger partial charge in [0.1, 0.15) is 5.71 Å². The summed E-state index contributed by atoms with van der Waals surface area (Å²) in [4.78, 5) is 4.13. The van der Waals surface area contributed by atoms with E-state index in [4.69, 9.17) is 5.21 Å². The van der Waals surface area contributed by atoms with E-state index in [1.165, 1.54) is 0 Å². The van der Waals surface area contributed by atoms with Crippen LogP contribution in [-0.4, -0.2) is 15.9 Å². The molecule has 3 heteroatoms. The van der Waals surface area contributed by atoms with Crippen molar-refractivity contribution in [2.24, 2.45) is 10.6 Å². The van der Waals surface area contributed by atoms with Crippen molar-refractivity contribution in [1.82, 2.24) is 4.98 Å². The van der Waals surface area contributed by atoms with Gasteiger partial charge in [0.05, 0.1) is 5.69 Å². The molecule has 3 nitrogen and oxygen atoms in total. The number of nitrogens with zero attached hydrogens (tertiary/aromatic N) is 2. The Morgan fingerprint density at radius 3 is 2.46 bits per heavy atom. The van der Waals surface area contributed by atoms with E-state index >= 15 is 0 Å². The molecule has 1 rings (SSSR count). The van der Waals surface area contributed by atoms with Crippen LogP contribution in [-0.2, 0) is 0 Å². The van der Waals surface area contributed by atoms with Gasteiger partial charge in [-0.25, -0.2) is 0 Å². The fraction of sp³-hybridized carbons (Fsp3) is 0.400. The largest absolute Gasteiger partial charge is 0.411 e. The maximum Gasteiger partial charge on any atom is 0.110 e. The second-order valence-corrected chi connectivity index (χ2v) is 3.91. The van der Waals surface area contributed by atoms with Gasteiger partial charge in [0.15, 0.2) is 0 Å². The van der Waals surface area contributed by atoms with Crippen molar-refractivity contribution < 1.29 is 5.21 Å². The van der Waals surface area contributed by atoms with E-state index in [1.54, 1.807) is 6.20 Å². The Bertz CT molecular complexity index is 298. The van der Waals surface area contributed by atoms with Crippen LogP contribution in [0.2, 0.25) is 0 Å². The van der Waals surface area contributed by atoms with Crippen molar-refractivity contribution in [3.8, 4) is 0 Å². The van der Waals surface area contributed by atoms with E-state index < -0.39 is 0 Å². The van der Waals surface area contributed by atoms with Gasteiger partial charge in [-0.15, -0.1) is 0 Å². The minimum atomic E-state index is -0.191. The molecule has 0 saturated carbocycles. The summed E-state index contributed by atoms with van der Waals surface area (Å²) < 4.78 is 0. The summed E-state index contributed by atoms with van der Waals surface area (Å²) in [6.07, 6.45) is 1.69. The van der Waals surface area contributed by atoms with Gasteiger partial charge in [-0.2, -0.15) is 0 Å². The molecule has 0 unspecified atom stereocenters. The van der Waals surface area contributed by atoms with E-state index in [0.717, 1.165) is 5.69 Å². The van der Waals surface area contributed by atoms with Crippen LogP contribution in [0, 0.1) is 5.41 Å². The molecule has 0 amide bonds. The van der Waals surface area contributed by atoms with Gasteiger partial charge in [-0.1, -0.05) is 32.0 Å². The highest BCUT2D eigenvalue weighted by Crippen LogP contribution is 2.20. The zero-order chi connectivity index (χ0) is 9.90. The van der Waals surface area contributed by atoms with Crippen molar-refractivity contribution in [2.45, 2.75) is 20.8 Å². The Kier molecular flexibility index (Phi) is 2.66. The van der Waals surface area contributed by atoms with Crippen LogP contribution in [0.5, 0.6) is 0 Å². The molecule has 0 aliphatic heterocycles. The molecular weight excluding hydrogens is 164 g/mol. The lowest BCUT2D eigenvalue weighted by Crippen LogP contribution is -2.22. The molecule has 1 aromatic rings. The van der Waals surface area contributed by atoms with Gasteiger partial charge in [0.2, 0.25) is 0 Å². The fourth-order valence-corrected chi connectivity index (χ4v) is 1.09. The summed E-state index contributed by atoms with van der Waals surface area (Å²) in [5, 5.41) is 12.1. The molecule has 0 radical (unpaired) electrons. The average molecular weight is 178 g/mol. The van der Waals surface area contributed by atoms with E-state index in [2.05, 4.69) is 10.1 Å². The zero-order valence-electron chi connectivity index (χ0n) is 8.15. The lowest BCUT2D eigenvalue weighted by atomic mass is 9.88. The third-order valence-corrected chi connectivity index (χ3v) is 1.72. The van der Waals surface area contributed by atoms with Gasteiger partial charge in [0, 0.05) is 11.6 Å². The molecule has 1 heterocycles. The highest BCUT2D eigenvalue weighted by Gasteiger charge is 2.22. The van der Waals surface area contributed by atoms with E-state index in [9.17, 15) is 0 Å². The molecule has 0 aliphatic carbocycles. The lowest BCUT2D eigenvalue weighted by Gasteiger charge is -2.18. The standard InChI is InChI=1S/C10H14N2O/c1-10(2,3)9(12-13)8-6-4-5-7-11-8/h4-7,13H,1-3H3. The number of oxime groups is 1. The molecule has 0 aliphatic rings. The highest BCUT2D eigenvalue weighted by atomic mass is 16.4. The molecule has 0 fully saturated rings. The molecular formula is C10H14N2O. The topological polar surface area (TPSA) is 45.5 Å². The van der Waals surface area contributed by atoms with E-state index in [1.807, 2.05) is 39.0 Å². The summed E-state index contributed by atoms with van der Waals surface area (Å²) in [6.45, 7) is 5.95. The molecule has 70 valence electrons. The van der Waals surface area contributed by atoms with Crippen LogP contribution >= 0.6 is 0 Å². The van der Waals surface area contributed by atoms with E-state index in [-0.39, 0.29) is 5.41 Å².